The first-order valence-corrected chi connectivity index (χ1v) is 4.19. The highest BCUT2D eigenvalue weighted by atomic mass is 79.9. The van der Waals surface area contributed by atoms with Gasteiger partial charge in [-0.05, 0) is 6.07 Å². The molecule has 0 amide bonds. The van der Waals surface area contributed by atoms with Crippen LogP contribution in [0.2, 0.25) is 0 Å². The van der Waals surface area contributed by atoms with Crippen molar-refractivity contribution in [2.24, 2.45) is 0 Å². The Hall–Kier alpha value is -1.01. The minimum absolute atomic E-state index is 0.626. The molecule has 3 heteroatoms. The molecule has 11 heavy (non-hydrogen) atoms. The highest BCUT2D eigenvalue weighted by Gasteiger charge is 1.89. The van der Waals surface area contributed by atoms with Crippen LogP contribution >= 0.6 is 15.9 Å². The summed E-state index contributed by atoms with van der Waals surface area (Å²) in [6.45, 7) is 0. The van der Waals surface area contributed by atoms with Crippen molar-refractivity contribution in [3.05, 3.63) is 35.3 Å². The molecule has 56 valence electrons. The molecule has 0 spiro atoms. The van der Waals surface area contributed by atoms with E-state index in [-0.39, 0.29) is 0 Å². The average molecular weight is 212 g/mol. The lowest BCUT2D eigenvalue weighted by Crippen LogP contribution is -2.24. The fraction of sp³-hybridized carbons (Fsp3) is 0.125. The van der Waals surface area contributed by atoms with Crippen molar-refractivity contribution < 1.29 is 4.73 Å². The van der Waals surface area contributed by atoms with Gasteiger partial charge in [0.2, 0.25) is 0 Å². The van der Waals surface area contributed by atoms with Crippen molar-refractivity contribution in [1.29, 1.82) is 0 Å². The minimum atomic E-state index is 0.626. The maximum absolute atomic E-state index is 10.7. The Morgan fingerprint density at radius 1 is 1.64 bits per heavy atom. The normalized spacial score (nSPS) is 8.45. The van der Waals surface area contributed by atoms with E-state index in [0.29, 0.717) is 5.33 Å². The third kappa shape index (κ3) is 2.60. The lowest BCUT2D eigenvalue weighted by Gasteiger charge is -1.92. The zero-order chi connectivity index (χ0) is 8.10. The summed E-state index contributed by atoms with van der Waals surface area (Å²) in [5.74, 6) is 5.62. The fourth-order valence-corrected chi connectivity index (χ4v) is 0.804. The van der Waals surface area contributed by atoms with E-state index < -0.39 is 0 Å². The van der Waals surface area contributed by atoms with Gasteiger partial charge in [-0.1, -0.05) is 27.8 Å². The number of aromatic nitrogens is 1. The summed E-state index contributed by atoms with van der Waals surface area (Å²) in [6.07, 6.45) is 2.87. The molecular formula is C8H6BrNO. The molecule has 1 aromatic rings. The number of alkyl halides is 1. The first kappa shape index (κ1) is 8.09. The molecule has 0 fully saturated rings. The van der Waals surface area contributed by atoms with Crippen LogP contribution in [-0.2, 0) is 0 Å². The van der Waals surface area contributed by atoms with Gasteiger partial charge >= 0.3 is 0 Å². The number of rotatable bonds is 0. The highest BCUT2D eigenvalue weighted by Crippen LogP contribution is 1.90. The number of pyridine rings is 1. The van der Waals surface area contributed by atoms with Gasteiger partial charge in [-0.2, -0.15) is 4.73 Å². The maximum atomic E-state index is 10.7. The Bertz CT molecular complexity index is 300. The zero-order valence-corrected chi connectivity index (χ0v) is 7.34. The summed E-state index contributed by atoms with van der Waals surface area (Å²) in [7, 11) is 0. The Balaban J connectivity index is 2.87. The van der Waals surface area contributed by atoms with Gasteiger partial charge in [-0.3, -0.25) is 0 Å². The van der Waals surface area contributed by atoms with Crippen molar-refractivity contribution in [2.45, 2.75) is 0 Å². The van der Waals surface area contributed by atoms with E-state index in [4.69, 9.17) is 0 Å². The molecule has 1 aromatic heterocycles. The quantitative estimate of drug-likeness (QED) is 0.273. The second-order valence-corrected chi connectivity index (χ2v) is 2.45. The van der Waals surface area contributed by atoms with Crippen molar-refractivity contribution in [1.82, 2.24) is 0 Å². The molecule has 0 saturated carbocycles. The van der Waals surface area contributed by atoms with Crippen molar-refractivity contribution in [3.8, 4) is 11.8 Å². The molecule has 0 atom stereocenters. The average Bonchev–Trinajstić information content (AvgIpc) is 2.01. The van der Waals surface area contributed by atoms with Gasteiger partial charge in [0.05, 0.1) is 10.9 Å². The molecule has 2 nitrogen and oxygen atoms in total. The van der Waals surface area contributed by atoms with Crippen LogP contribution in [0.1, 0.15) is 5.56 Å². The fourth-order valence-electron chi connectivity index (χ4n) is 0.664. The highest BCUT2D eigenvalue weighted by molar-refractivity contribution is 9.09. The molecule has 0 bridgehead atoms. The van der Waals surface area contributed by atoms with Crippen LogP contribution < -0.4 is 4.73 Å². The summed E-state index contributed by atoms with van der Waals surface area (Å²) >= 11 is 3.17. The van der Waals surface area contributed by atoms with E-state index in [1.54, 1.807) is 12.1 Å². The van der Waals surface area contributed by atoms with Gasteiger partial charge in [0.15, 0.2) is 12.4 Å². The standard InChI is InChI=1S/C8H6BrNO/c9-5-1-3-8-4-2-6-10(11)7-8/h2,4,6-7H,5H2. The van der Waals surface area contributed by atoms with E-state index in [2.05, 4.69) is 27.8 Å². The molecule has 0 aliphatic carbocycles. The van der Waals surface area contributed by atoms with Crippen molar-refractivity contribution in [3.63, 3.8) is 0 Å². The first-order chi connectivity index (χ1) is 5.33. The molecule has 0 saturated heterocycles. The number of hydrogen-bond acceptors (Lipinski definition) is 1. The third-order valence-electron chi connectivity index (χ3n) is 1.07. The van der Waals surface area contributed by atoms with Crippen LogP contribution in [0.4, 0.5) is 0 Å². The Morgan fingerprint density at radius 2 is 2.45 bits per heavy atom. The van der Waals surface area contributed by atoms with Crippen LogP contribution in [-0.4, -0.2) is 5.33 Å². The van der Waals surface area contributed by atoms with Crippen molar-refractivity contribution >= 4 is 15.9 Å². The molecule has 0 aliphatic heterocycles. The Kier molecular flexibility index (Phi) is 2.94. The predicted molar refractivity (Wildman–Crippen MR) is 46.1 cm³/mol. The smallest absolute Gasteiger partial charge is 0.195 e. The monoisotopic (exact) mass is 211 g/mol. The largest absolute Gasteiger partial charge is 0.619 e. The Morgan fingerprint density at radius 3 is 3.09 bits per heavy atom. The number of halogens is 1. The predicted octanol–water partition coefficient (Wildman–Crippen LogP) is 1.07. The molecule has 0 aliphatic rings. The van der Waals surface area contributed by atoms with Crippen LogP contribution in [0.25, 0.3) is 0 Å². The first-order valence-electron chi connectivity index (χ1n) is 3.06. The lowest BCUT2D eigenvalue weighted by molar-refractivity contribution is -0.605. The molecule has 0 radical (unpaired) electrons. The molecule has 0 unspecified atom stereocenters. The van der Waals surface area contributed by atoms with Gasteiger partial charge in [-0.25, -0.2) is 0 Å². The maximum Gasteiger partial charge on any atom is 0.195 e. The van der Waals surface area contributed by atoms with Crippen LogP contribution in [0, 0.1) is 17.0 Å². The summed E-state index contributed by atoms with van der Waals surface area (Å²) in [6, 6.07) is 3.47. The number of nitrogens with zero attached hydrogens (tertiary/aromatic N) is 1. The molecule has 0 N–H and O–H groups in total. The molecule has 0 aromatic carbocycles. The Labute approximate surface area is 73.6 Å². The van der Waals surface area contributed by atoms with Crippen LogP contribution in [0.5, 0.6) is 0 Å². The SMILES string of the molecule is [O-][n+]1cccc(C#CCBr)c1. The summed E-state index contributed by atoms with van der Waals surface area (Å²) in [5, 5.41) is 11.3. The van der Waals surface area contributed by atoms with E-state index >= 15 is 0 Å². The van der Waals surface area contributed by atoms with Gasteiger partial charge in [0.1, 0.15) is 0 Å². The zero-order valence-electron chi connectivity index (χ0n) is 5.75. The molecular weight excluding hydrogens is 206 g/mol. The second-order valence-electron chi connectivity index (χ2n) is 1.89. The topological polar surface area (TPSA) is 26.9 Å². The minimum Gasteiger partial charge on any atom is -0.619 e. The van der Waals surface area contributed by atoms with E-state index in [1.807, 2.05) is 0 Å². The molecule has 1 rings (SSSR count). The summed E-state index contributed by atoms with van der Waals surface area (Å²) < 4.78 is 0.734. The lowest BCUT2D eigenvalue weighted by atomic mass is 10.3. The number of hydrogen-bond donors (Lipinski definition) is 0. The van der Waals surface area contributed by atoms with E-state index in [9.17, 15) is 5.21 Å². The van der Waals surface area contributed by atoms with Gasteiger partial charge < -0.3 is 5.21 Å². The third-order valence-corrected chi connectivity index (χ3v) is 1.36. The summed E-state index contributed by atoms with van der Waals surface area (Å²) in [5.41, 5.74) is 0.738. The van der Waals surface area contributed by atoms with E-state index in [0.717, 1.165) is 10.3 Å². The molecule has 1 heterocycles. The van der Waals surface area contributed by atoms with Crippen molar-refractivity contribution in [2.75, 3.05) is 5.33 Å². The van der Waals surface area contributed by atoms with Crippen LogP contribution in [0.3, 0.4) is 0 Å². The van der Waals surface area contributed by atoms with E-state index in [1.165, 1.54) is 12.4 Å². The second kappa shape index (κ2) is 3.99. The van der Waals surface area contributed by atoms with Gasteiger partial charge in [-0.15, -0.1) is 0 Å². The van der Waals surface area contributed by atoms with Gasteiger partial charge in [0.25, 0.3) is 0 Å². The summed E-state index contributed by atoms with van der Waals surface area (Å²) in [4.78, 5) is 0. The van der Waals surface area contributed by atoms with Crippen LogP contribution in [0.15, 0.2) is 24.5 Å². The van der Waals surface area contributed by atoms with Gasteiger partial charge in [0, 0.05) is 6.07 Å².